The van der Waals surface area contributed by atoms with Crippen LogP contribution in [0.4, 0.5) is 0 Å². The van der Waals surface area contributed by atoms with E-state index in [1.165, 1.54) is 7.05 Å². The zero-order chi connectivity index (χ0) is 8.65. The van der Waals surface area contributed by atoms with E-state index < -0.39 is 20.5 Å². The van der Waals surface area contributed by atoms with Crippen molar-refractivity contribution in [1.29, 1.82) is 0 Å². The monoisotopic (exact) mass is 195 g/mol. The van der Waals surface area contributed by atoms with Gasteiger partial charge in [0.2, 0.25) is 0 Å². The van der Waals surface area contributed by atoms with Gasteiger partial charge in [-0.2, -0.15) is 3.89 Å². The van der Waals surface area contributed by atoms with Crippen molar-refractivity contribution in [2.75, 3.05) is 7.05 Å². The van der Waals surface area contributed by atoms with Crippen molar-refractivity contribution in [3.63, 3.8) is 0 Å². The van der Waals surface area contributed by atoms with Gasteiger partial charge in [-0.05, 0) is 0 Å². The average Bonchev–Trinajstić information content (AvgIpc) is 2.18. The molecule has 0 aromatic heterocycles. The fourth-order valence-corrected chi connectivity index (χ4v) is 2.12. The molecule has 3 unspecified atom stereocenters. The summed E-state index contributed by atoms with van der Waals surface area (Å²) in [4.78, 5) is 11.1. The Morgan fingerprint density at radius 1 is 1.82 bits per heavy atom. The average molecular weight is 195 g/mol. The maximum absolute atomic E-state index is 11.1. The van der Waals surface area contributed by atoms with Crippen LogP contribution in [-0.4, -0.2) is 31.0 Å². The highest BCUT2D eigenvalue weighted by Crippen LogP contribution is 2.29. The van der Waals surface area contributed by atoms with E-state index in [9.17, 15) is 13.6 Å². The van der Waals surface area contributed by atoms with Gasteiger partial charge in [0.25, 0.3) is 0 Å². The summed E-state index contributed by atoms with van der Waals surface area (Å²) in [5, 5.41) is -0.402. The van der Waals surface area contributed by atoms with Gasteiger partial charge in [-0.3, -0.25) is 0 Å². The minimum Gasteiger partial charge on any atom is -0.724 e. The SMILES string of the molecule is C[N+]1(S(=O)[O-])C(=O)CCC1S. The van der Waals surface area contributed by atoms with Gasteiger partial charge in [-0.1, -0.05) is 0 Å². The van der Waals surface area contributed by atoms with E-state index >= 15 is 0 Å². The van der Waals surface area contributed by atoms with Crippen molar-refractivity contribution in [2.45, 2.75) is 18.2 Å². The summed E-state index contributed by atoms with van der Waals surface area (Å²) in [5.41, 5.74) is 0. The molecule has 1 heterocycles. The summed E-state index contributed by atoms with van der Waals surface area (Å²) in [6.45, 7) is 0. The number of amides is 1. The van der Waals surface area contributed by atoms with Crippen LogP contribution in [0.1, 0.15) is 12.8 Å². The molecule has 3 atom stereocenters. The van der Waals surface area contributed by atoms with Crippen LogP contribution in [0.15, 0.2) is 0 Å². The van der Waals surface area contributed by atoms with Crippen LogP contribution in [-0.2, 0) is 16.1 Å². The van der Waals surface area contributed by atoms with Crippen molar-refractivity contribution in [3.8, 4) is 0 Å². The van der Waals surface area contributed by atoms with Crippen LogP contribution in [0, 0.1) is 0 Å². The van der Waals surface area contributed by atoms with Gasteiger partial charge in [-0.15, -0.1) is 12.6 Å². The second kappa shape index (κ2) is 2.85. The number of likely N-dealkylation sites (tertiary alicyclic amines) is 1. The van der Waals surface area contributed by atoms with Crippen LogP contribution < -0.4 is 0 Å². The standard InChI is InChI=1S/C5H9NO3S2/c1-6(11(8)9)4(7)2-3-5(6)10/h5H,2-3H2,1H3,(H-,8,9,10). The van der Waals surface area contributed by atoms with Crippen LogP contribution in [0.5, 0.6) is 0 Å². The van der Waals surface area contributed by atoms with E-state index in [-0.39, 0.29) is 5.91 Å². The molecule has 0 N–H and O–H groups in total. The zero-order valence-corrected chi connectivity index (χ0v) is 7.73. The first-order valence-corrected chi connectivity index (χ1v) is 4.72. The first kappa shape index (κ1) is 9.18. The van der Waals surface area contributed by atoms with Gasteiger partial charge in [0.1, 0.15) is 0 Å². The molecule has 6 heteroatoms. The Kier molecular flexibility index (Phi) is 2.38. The molecule has 1 rings (SSSR count). The zero-order valence-electron chi connectivity index (χ0n) is 6.02. The molecule has 0 saturated carbocycles. The maximum Gasteiger partial charge on any atom is 0.327 e. The topological polar surface area (TPSA) is 57.2 Å². The van der Waals surface area contributed by atoms with E-state index in [0.29, 0.717) is 12.8 Å². The summed E-state index contributed by atoms with van der Waals surface area (Å²) < 4.78 is 20.7. The summed E-state index contributed by atoms with van der Waals surface area (Å²) in [5.74, 6) is -0.279. The fourth-order valence-electron chi connectivity index (χ4n) is 1.07. The molecule has 0 spiro atoms. The number of hydrogen-bond donors (Lipinski definition) is 1. The molecule has 1 fully saturated rings. The molecule has 1 amide bonds. The van der Waals surface area contributed by atoms with E-state index in [1.54, 1.807) is 0 Å². The Labute approximate surface area is 73.0 Å². The number of carbonyl (C=O) groups excluding carboxylic acids is 1. The Bertz CT molecular complexity index is 220. The summed E-state index contributed by atoms with van der Waals surface area (Å²) in [6, 6.07) is 0. The van der Waals surface area contributed by atoms with Crippen LogP contribution >= 0.6 is 12.6 Å². The molecule has 1 saturated heterocycles. The van der Waals surface area contributed by atoms with Gasteiger partial charge >= 0.3 is 5.91 Å². The fraction of sp³-hybridized carbons (Fsp3) is 0.800. The van der Waals surface area contributed by atoms with E-state index in [0.717, 1.165) is 0 Å². The van der Waals surface area contributed by atoms with Crippen molar-refractivity contribution in [3.05, 3.63) is 0 Å². The second-order valence-electron chi connectivity index (χ2n) is 2.62. The number of hydrogen-bond acceptors (Lipinski definition) is 4. The lowest BCUT2D eigenvalue weighted by molar-refractivity contribution is -0.705. The lowest BCUT2D eigenvalue weighted by Crippen LogP contribution is -2.50. The molecule has 0 aromatic rings. The third-order valence-electron chi connectivity index (χ3n) is 1.99. The number of nitrogens with zero attached hydrogens (tertiary/aromatic N) is 1. The van der Waals surface area contributed by atoms with Crippen LogP contribution in [0.25, 0.3) is 0 Å². The Morgan fingerprint density at radius 2 is 2.36 bits per heavy atom. The highest BCUT2D eigenvalue weighted by Gasteiger charge is 2.46. The van der Waals surface area contributed by atoms with Crippen LogP contribution in [0.2, 0.25) is 0 Å². The molecule has 1 aliphatic rings. The van der Waals surface area contributed by atoms with Crippen molar-refractivity contribution < 1.29 is 17.4 Å². The number of thiol groups is 1. The van der Waals surface area contributed by atoms with E-state index in [4.69, 9.17) is 0 Å². The Morgan fingerprint density at radius 3 is 2.55 bits per heavy atom. The van der Waals surface area contributed by atoms with Gasteiger partial charge in [0, 0.05) is 6.42 Å². The number of quaternary nitrogens is 1. The summed E-state index contributed by atoms with van der Waals surface area (Å²) in [6.07, 6.45) is 0.838. The van der Waals surface area contributed by atoms with Gasteiger partial charge in [0.15, 0.2) is 16.6 Å². The maximum atomic E-state index is 11.1. The molecule has 4 nitrogen and oxygen atoms in total. The van der Waals surface area contributed by atoms with E-state index in [1.807, 2.05) is 0 Å². The quantitative estimate of drug-likeness (QED) is 0.358. The minimum absolute atomic E-state index is 0.279. The molecular weight excluding hydrogens is 186 g/mol. The number of carbonyl (C=O) groups is 1. The molecule has 0 aliphatic carbocycles. The normalized spacial score (nSPS) is 41.0. The first-order chi connectivity index (χ1) is 4.99. The van der Waals surface area contributed by atoms with Gasteiger partial charge < -0.3 is 4.55 Å². The molecule has 0 bridgehead atoms. The van der Waals surface area contributed by atoms with Crippen molar-refractivity contribution in [2.24, 2.45) is 0 Å². The summed E-state index contributed by atoms with van der Waals surface area (Å²) in [7, 11) is 1.37. The highest BCUT2D eigenvalue weighted by atomic mass is 32.2. The number of rotatable bonds is 1. The van der Waals surface area contributed by atoms with E-state index in [2.05, 4.69) is 12.6 Å². The minimum atomic E-state index is -2.41. The second-order valence-corrected chi connectivity index (χ2v) is 4.41. The molecule has 0 aromatic carbocycles. The largest absolute Gasteiger partial charge is 0.724 e. The Hall–Kier alpha value is 0.0900. The first-order valence-electron chi connectivity index (χ1n) is 3.17. The van der Waals surface area contributed by atoms with Gasteiger partial charge in [0.05, 0.1) is 13.5 Å². The molecule has 64 valence electrons. The summed E-state index contributed by atoms with van der Waals surface area (Å²) >= 11 is 1.62. The smallest absolute Gasteiger partial charge is 0.327 e. The predicted molar refractivity (Wildman–Crippen MR) is 42.1 cm³/mol. The lowest BCUT2D eigenvalue weighted by atomic mass is 10.4. The van der Waals surface area contributed by atoms with Crippen molar-refractivity contribution >= 4 is 29.8 Å². The molecule has 11 heavy (non-hydrogen) atoms. The molecule has 0 radical (unpaired) electrons. The molecule has 1 aliphatic heterocycles. The third-order valence-corrected chi connectivity index (χ3v) is 3.94. The molecular formula is C5H9NO3S2. The van der Waals surface area contributed by atoms with Gasteiger partial charge in [-0.25, -0.2) is 9.00 Å². The predicted octanol–water partition coefficient (Wildman–Crippen LogP) is -0.197. The highest BCUT2D eigenvalue weighted by molar-refractivity contribution is 7.81. The third kappa shape index (κ3) is 1.24. The van der Waals surface area contributed by atoms with Crippen molar-refractivity contribution in [1.82, 2.24) is 0 Å². The Balaban J connectivity index is 2.98. The lowest BCUT2D eigenvalue weighted by Gasteiger charge is -2.30. The van der Waals surface area contributed by atoms with Crippen LogP contribution in [0.3, 0.4) is 0 Å².